The van der Waals surface area contributed by atoms with Crippen LogP contribution in [0.15, 0.2) is 66.9 Å². The Bertz CT molecular complexity index is 679. The minimum atomic E-state index is -0.261. The van der Waals surface area contributed by atoms with Crippen molar-refractivity contribution in [1.29, 1.82) is 0 Å². The lowest BCUT2D eigenvalue weighted by atomic mass is 10.1. The monoisotopic (exact) mass is 250 g/mol. The van der Waals surface area contributed by atoms with Gasteiger partial charge in [-0.25, -0.2) is 14.4 Å². The zero-order valence-corrected chi connectivity index (χ0v) is 10.1. The first-order valence-corrected chi connectivity index (χ1v) is 5.97. The van der Waals surface area contributed by atoms with E-state index < -0.39 is 0 Å². The van der Waals surface area contributed by atoms with Crippen molar-refractivity contribution in [3.05, 3.63) is 72.7 Å². The Hall–Kier alpha value is -2.55. The molecule has 1 aromatic heterocycles. The summed E-state index contributed by atoms with van der Waals surface area (Å²) in [5.74, 6) is 0.337. The normalized spacial score (nSPS) is 10.4. The number of rotatable bonds is 2. The summed E-state index contributed by atoms with van der Waals surface area (Å²) in [5.41, 5.74) is 2.70. The molecule has 0 fully saturated rings. The van der Waals surface area contributed by atoms with Crippen LogP contribution in [0, 0.1) is 5.82 Å². The minimum absolute atomic E-state index is 0.261. The van der Waals surface area contributed by atoms with E-state index in [1.165, 1.54) is 12.1 Å². The van der Waals surface area contributed by atoms with E-state index in [9.17, 15) is 4.39 Å². The number of hydrogen-bond acceptors (Lipinski definition) is 2. The van der Waals surface area contributed by atoms with Crippen LogP contribution >= 0.6 is 0 Å². The van der Waals surface area contributed by atoms with E-state index in [0.717, 1.165) is 16.8 Å². The number of aromatic nitrogens is 2. The lowest BCUT2D eigenvalue weighted by molar-refractivity contribution is 0.628. The molecule has 2 aromatic carbocycles. The molecule has 0 aliphatic carbocycles. The molecule has 0 saturated carbocycles. The van der Waals surface area contributed by atoms with Crippen molar-refractivity contribution in [2.75, 3.05) is 0 Å². The second-order valence-corrected chi connectivity index (χ2v) is 4.14. The molecule has 2 nitrogen and oxygen atoms in total. The first-order chi connectivity index (χ1) is 9.33. The summed E-state index contributed by atoms with van der Waals surface area (Å²) in [6.45, 7) is 0. The Kier molecular flexibility index (Phi) is 3.02. The summed E-state index contributed by atoms with van der Waals surface area (Å²) in [6, 6.07) is 17.9. The Morgan fingerprint density at radius 1 is 0.737 bits per heavy atom. The average molecular weight is 250 g/mol. The van der Waals surface area contributed by atoms with Crippen molar-refractivity contribution in [3.63, 3.8) is 0 Å². The molecule has 0 bridgehead atoms. The molecular formula is C16H11FN2. The fraction of sp³-hybridized carbons (Fsp3) is 0. The number of hydrogen-bond donors (Lipinski definition) is 0. The molecule has 3 rings (SSSR count). The largest absolute Gasteiger partial charge is 0.237 e. The Labute approximate surface area is 110 Å². The standard InChI is InChI=1S/C16H11FN2/c17-14-8-6-13(7-9-14)16-18-11-10-15(19-16)12-4-2-1-3-5-12/h1-11H. The van der Waals surface area contributed by atoms with Crippen molar-refractivity contribution >= 4 is 0 Å². The molecular weight excluding hydrogens is 239 g/mol. The first kappa shape index (κ1) is 11.5. The van der Waals surface area contributed by atoms with Gasteiger partial charge in [0.25, 0.3) is 0 Å². The molecule has 0 aliphatic rings. The van der Waals surface area contributed by atoms with Gasteiger partial charge in [0.05, 0.1) is 5.69 Å². The van der Waals surface area contributed by atoms with E-state index >= 15 is 0 Å². The fourth-order valence-electron chi connectivity index (χ4n) is 1.87. The van der Waals surface area contributed by atoms with Gasteiger partial charge >= 0.3 is 0 Å². The molecule has 0 N–H and O–H groups in total. The van der Waals surface area contributed by atoms with Crippen molar-refractivity contribution in [3.8, 4) is 22.6 Å². The van der Waals surface area contributed by atoms with Crippen LogP contribution in [-0.2, 0) is 0 Å². The van der Waals surface area contributed by atoms with Crippen LogP contribution in [0.3, 0.4) is 0 Å². The molecule has 19 heavy (non-hydrogen) atoms. The van der Waals surface area contributed by atoms with Gasteiger partial charge in [-0.2, -0.15) is 0 Å². The van der Waals surface area contributed by atoms with Gasteiger partial charge in [-0.3, -0.25) is 0 Å². The van der Waals surface area contributed by atoms with E-state index in [0.29, 0.717) is 5.82 Å². The highest BCUT2D eigenvalue weighted by Crippen LogP contribution is 2.20. The Morgan fingerprint density at radius 2 is 1.47 bits per heavy atom. The molecule has 0 spiro atoms. The van der Waals surface area contributed by atoms with E-state index in [-0.39, 0.29) is 5.82 Å². The van der Waals surface area contributed by atoms with Gasteiger partial charge in [-0.1, -0.05) is 30.3 Å². The minimum Gasteiger partial charge on any atom is -0.237 e. The maximum Gasteiger partial charge on any atom is 0.159 e. The van der Waals surface area contributed by atoms with Crippen LogP contribution in [0.5, 0.6) is 0 Å². The third-order valence-electron chi connectivity index (χ3n) is 2.83. The van der Waals surface area contributed by atoms with Crippen LogP contribution in [0.1, 0.15) is 0 Å². The molecule has 0 amide bonds. The van der Waals surface area contributed by atoms with Gasteiger partial charge in [-0.15, -0.1) is 0 Å². The van der Waals surface area contributed by atoms with Gasteiger partial charge in [0.1, 0.15) is 5.82 Å². The predicted octanol–water partition coefficient (Wildman–Crippen LogP) is 3.95. The van der Waals surface area contributed by atoms with Gasteiger partial charge in [-0.05, 0) is 30.3 Å². The van der Waals surface area contributed by atoms with E-state index in [2.05, 4.69) is 9.97 Å². The van der Waals surface area contributed by atoms with Gasteiger partial charge in [0.15, 0.2) is 5.82 Å². The Balaban J connectivity index is 2.03. The van der Waals surface area contributed by atoms with Crippen LogP contribution < -0.4 is 0 Å². The van der Waals surface area contributed by atoms with E-state index in [4.69, 9.17) is 0 Å². The lowest BCUT2D eigenvalue weighted by Gasteiger charge is -2.04. The molecule has 1 heterocycles. The van der Waals surface area contributed by atoms with Crippen molar-refractivity contribution < 1.29 is 4.39 Å². The first-order valence-electron chi connectivity index (χ1n) is 5.97. The molecule has 3 aromatic rings. The van der Waals surface area contributed by atoms with E-state index in [1.54, 1.807) is 18.3 Å². The summed E-state index contributed by atoms with van der Waals surface area (Å²) in [5, 5.41) is 0. The van der Waals surface area contributed by atoms with Crippen LogP contribution in [0.25, 0.3) is 22.6 Å². The number of halogens is 1. The average Bonchev–Trinajstić information content (AvgIpc) is 2.49. The summed E-state index contributed by atoms with van der Waals surface area (Å²) < 4.78 is 12.9. The summed E-state index contributed by atoms with van der Waals surface area (Å²) in [4.78, 5) is 8.74. The van der Waals surface area contributed by atoms with Gasteiger partial charge < -0.3 is 0 Å². The highest BCUT2D eigenvalue weighted by Gasteiger charge is 2.04. The smallest absolute Gasteiger partial charge is 0.159 e. The molecule has 0 unspecified atom stereocenters. The number of benzene rings is 2. The van der Waals surface area contributed by atoms with Crippen LogP contribution in [0.2, 0.25) is 0 Å². The molecule has 0 aliphatic heterocycles. The molecule has 0 atom stereocenters. The predicted molar refractivity (Wildman–Crippen MR) is 72.9 cm³/mol. The third-order valence-corrected chi connectivity index (χ3v) is 2.83. The molecule has 0 saturated heterocycles. The Morgan fingerprint density at radius 3 is 2.21 bits per heavy atom. The quantitative estimate of drug-likeness (QED) is 0.688. The van der Waals surface area contributed by atoms with Gasteiger partial charge in [0.2, 0.25) is 0 Å². The molecule has 92 valence electrons. The fourth-order valence-corrected chi connectivity index (χ4v) is 1.87. The summed E-state index contributed by atoms with van der Waals surface area (Å²) >= 11 is 0. The van der Waals surface area contributed by atoms with E-state index in [1.807, 2.05) is 36.4 Å². The third kappa shape index (κ3) is 2.50. The van der Waals surface area contributed by atoms with Gasteiger partial charge in [0, 0.05) is 17.3 Å². The summed E-state index contributed by atoms with van der Waals surface area (Å²) in [6.07, 6.45) is 1.72. The SMILES string of the molecule is Fc1ccc(-c2nccc(-c3ccccc3)n2)cc1. The maximum atomic E-state index is 12.9. The number of nitrogens with zero attached hydrogens (tertiary/aromatic N) is 2. The summed E-state index contributed by atoms with van der Waals surface area (Å²) in [7, 11) is 0. The second kappa shape index (κ2) is 4.98. The van der Waals surface area contributed by atoms with Crippen LogP contribution in [0.4, 0.5) is 4.39 Å². The lowest BCUT2D eigenvalue weighted by Crippen LogP contribution is -1.91. The molecule has 0 radical (unpaired) electrons. The molecule has 3 heteroatoms. The second-order valence-electron chi connectivity index (χ2n) is 4.14. The van der Waals surface area contributed by atoms with Crippen molar-refractivity contribution in [2.24, 2.45) is 0 Å². The highest BCUT2D eigenvalue weighted by molar-refractivity contribution is 5.63. The topological polar surface area (TPSA) is 25.8 Å². The zero-order chi connectivity index (χ0) is 13.1. The maximum absolute atomic E-state index is 12.9. The van der Waals surface area contributed by atoms with Crippen LogP contribution in [-0.4, -0.2) is 9.97 Å². The van der Waals surface area contributed by atoms with Crippen molar-refractivity contribution in [1.82, 2.24) is 9.97 Å². The van der Waals surface area contributed by atoms with Crippen molar-refractivity contribution in [2.45, 2.75) is 0 Å². The highest BCUT2D eigenvalue weighted by atomic mass is 19.1. The zero-order valence-electron chi connectivity index (χ0n) is 10.1.